The fraction of sp³-hybridized carbons (Fsp3) is 0.0625. The molecule has 0 radical (unpaired) electrons. The summed E-state index contributed by atoms with van der Waals surface area (Å²) < 4.78 is 7.08. The molecule has 1 heterocycles. The molecule has 0 saturated heterocycles. The second-order valence-electron chi connectivity index (χ2n) is 18.7. The minimum Gasteiger partial charge on any atom is -0.455 e. The molecule has 66 heavy (non-hydrogen) atoms. The van der Waals surface area contributed by atoms with E-state index in [1.165, 1.54) is 77.9 Å². The Kier molecular flexibility index (Phi) is 7.70. The Morgan fingerprint density at radius 3 is 1.45 bits per heavy atom. The average molecular weight is 842 g/mol. The largest absolute Gasteiger partial charge is 0.455 e. The van der Waals surface area contributed by atoms with Gasteiger partial charge in [-0.15, -0.1) is 0 Å². The van der Waals surface area contributed by atoms with E-state index in [4.69, 9.17) is 4.42 Å². The molecule has 11 aromatic rings. The molecule has 0 bridgehead atoms. The van der Waals surface area contributed by atoms with Crippen LogP contribution in [-0.2, 0) is 10.8 Å². The Morgan fingerprint density at radius 2 is 0.818 bits per heavy atom. The predicted octanol–water partition coefficient (Wildman–Crippen LogP) is 17.0. The molecule has 1 spiro atoms. The van der Waals surface area contributed by atoms with Crippen molar-refractivity contribution >= 4 is 39.0 Å². The van der Waals surface area contributed by atoms with Gasteiger partial charge in [-0.25, -0.2) is 0 Å². The highest BCUT2D eigenvalue weighted by molar-refractivity contribution is 6.15. The van der Waals surface area contributed by atoms with Crippen molar-refractivity contribution in [2.45, 2.75) is 24.7 Å². The summed E-state index contributed by atoms with van der Waals surface area (Å²) >= 11 is 0. The summed E-state index contributed by atoms with van der Waals surface area (Å²) in [6, 6.07) is 83.0. The first-order chi connectivity index (χ1) is 32.5. The quantitative estimate of drug-likeness (QED) is 0.172. The Balaban J connectivity index is 1.00. The van der Waals surface area contributed by atoms with E-state index < -0.39 is 5.41 Å². The maximum Gasteiger partial charge on any atom is 0.143 e. The first-order valence-corrected chi connectivity index (χ1v) is 23.1. The summed E-state index contributed by atoms with van der Waals surface area (Å²) in [6.45, 7) is 4.72. The van der Waals surface area contributed by atoms with Gasteiger partial charge in [-0.2, -0.15) is 0 Å². The lowest BCUT2D eigenvalue weighted by molar-refractivity contribution is 0.660. The zero-order chi connectivity index (χ0) is 43.7. The van der Waals surface area contributed by atoms with Crippen molar-refractivity contribution in [3.8, 4) is 55.6 Å². The van der Waals surface area contributed by atoms with Crippen LogP contribution in [0.4, 0.5) is 17.1 Å². The zero-order valence-corrected chi connectivity index (χ0v) is 36.7. The van der Waals surface area contributed by atoms with Gasteiger partial charge >= 0.3 is 0 Å². The van der Waals surface area contributed by atoms with Crippen molar-refractivity contribution in [1.82, 2.24) is 0 Å². The Labute approximate surface area is 384 Å². The molecule has 0 atom stereocenters. The Morgan fingerprint density at radius 1 is 0.348 bits per heavy atom. The van der Waals surface area contributed by atoms with Crippen LogP contribution >= 0.6 is 0 Å². The van der Waals surface area contributed by atoms with Crippen LogP contribution < -0.4 is 4.90 Å². The number of furan rings is 1. The average Bonchev–Trinajstić information content (AvgIpc) is 4.06. The topological polar surface area (TPSA) is 16.4 Å². The fourth-order valence-electron chi connectivity index (χ4n) is 12.2. The van der Waals surface area contributed by atoms with Crippen LogP contribution in [0.5, 0.6) is 0 Å². The smallest absolute Gasteiger partial charge is 0.143 e. The highest BCUT2D eigenvalue weighted by Gasteiger charge is 2.53. The highest BCUT2D eigenvalue weighted by Crippen LogP contribution is 2.66. The molecular formula is C64H43NO. The van der Waals surface area contributed by atoms with E-state index in [1.54, 1.807) is 0 Å². The van der Waals surface area contributed by atoms with Gasteiger partial charge in [0.1, 0.15) is 11.2 Å². The molecule has 0 unspecified atom stereocenters. The molecule has 0 N–H and O–H groups in total. The van der Waals surface area contributed by atoms with Crippen molar-refractivity contribution < 1.29 is 4.42 Å². The number of benzene rings is 10. The molecule has 10 aromatic carbocycles. The summed E-state index contributed by atoms with van der Waals surface area (Å²) in [7, 11) is 0. The lowest BCUT2D eigenvalue weighted by Crippen LogP contribution is -2.26. The molecular weight excluding hydrogens is 799 g/mol. The number of fused-ring (bicyclic) bond motifs is 16. The van der Waals surface area contributed by atoms with Gasteiger partial charge in [0, 0.05) is 38.8 Å². The van der Waals surface area contributed by atoms with E-state index in [1.807, 2.05) is 0 Å². The molecule has 1 aromatic heterocycles. The van der Waals surface area contributed by atoms with Crippen LogP contribution in [0.25, 0.3) is 77.6 Å². The van der Waals surface area contributed by atoms with Crippen LogP contribution in [0.2, 0.25) is 0 Å². The first-order valence-electron chi connectivity index (χ1n) is 23.1. The Hall–Kier alpha value is -8.20. The van der Waals surface area contributed by atoms with Crippen LogP contribution in [-0.4, -0.2) is 0 Å². The fourth-order valence-corrected chi connectivity index (χ4v) is 12.2. The number of nitrogens with zero attached hydrogens (tertiary/aromatic N) is 1. The number of anilines is 3. The van der Waals surface area contributed by atoms with Crippen molar-refractivity contribution in [3.05, 3.63) is 258 Å². The van der Waals surface area contributed by atoms with Gasteiger partial charge in [-0.1, -0.05) is 190 Å². The maximum absolute atomic E-state index is 7.08. The van der Waals surface area contributed by atoms with Gasteiger partial charge in [-0.05, 0) is 132 Å². The summed E-state index contributed by atoms with van der Waals surface area (Å²) in [6.07, 6.45) is 0. The van der Waals surface area contributed by atoms with Gasteiger partial charge in [-0.3, -0.25) is 0 Å². The van der Waals surface area contributed by atoms with Gasteiger partial charge in [0.25, 0.3) is 0 Å². The molecule has 0 aliphatic heterocycles. The lowest BCUT2D eigenvalue weighted by atomic mass is 9.68. The van der Waals surface area contributed by atoms with Gasteiger partial charge < -0.3 is 9.32 Å². The molecule has 0 amide bonds. The van der Waals surface area contributed by atoms with Crippen LogP contribution in [0, 0.1) is 0 Å². The zero-order valence-electron chi connectivity index (χ0n) is 36.7. The monoisotopic (exact) mass is 841 g/mol. The maximum atomic E-state index is 7.08. The third kappa shape index (κ3) is 4.96. The van der Waals surface area contributed by atoms with E-state index >= 15 is 0 Å². The third-order valence-electron chi connectivity index (χ3n) is 15.1. The second-order valence-corrected chi connectivity index (χ2v) is 18.7. The SMILES string of the molecule is CC1(C)c2ccccc2-c2ccc(N(c3ccc(-c4ccccc4)cc3)c3ccc(-c4c5c(cc6c4oc4ccccc46)-c4ccccc4C54c5ccccc5-c5ccccc54)cc3)cc21. The van der Waals surface area contributed by atoms with Gasteiger partial charge in [0.2, 0.25) is 0 Å². The van der Waals surface area contributed by atoms with E-state index in [9.17, 15) is 0 Å². The molecule has 3 aliphatic rings. The number of para-hydroxylation sites is 1. The Bertz CT molecular complexity index is 3730. The number of rotatable bonds is 5. The second kappa shape index (κ2) is 13.7. The standard InChI is InChI=1S/C64H43NO/c1-63(2)54-23-11-6-18-46(54)50-37-36-45(38-58(50)63)65(43-32-28-41(29-33-43)40-16-4-3-5-17-40)44-34-30-42(31-35-44)60-61-52(39-53-51-22-10-15-27-59(51)66-62(53)60)49-21-9-14-26-57(49)64(61)55-24-12-7-19-47(55)48-20-8-13-25-56(48)64/h3-39H,1-2H3. The molecule has 2 nitrogen and oxygen atoms in total. The normalized spacial score (nSPS) is 14.2. The number of hydrogen-bond acceptors (Lipinski definition) is 2. The van der Waals surface area contributed by atoms with Crippen molar-refractivity contribution in [2.75, 3.05) is 4.90 Å². The molecule has 0 fully saturated rings. The van der Waals surface area contributed by atoms with E-state index in [0.29, 0.717) is 0 Å². The molecule has 310 valence electrons. The summed E-state index contributed by atoms with van der Waals surface area (Å²) in [5.41, 5.74) is 24.8. The summed E-state index contributed by atoms with van der Waals surface area (Å²) in [5, 5.41) is 2.27. The van der Waals surface area contributed by atoms with Crippen LogP contribution in [0.15, 0.2) is 229 Å². The van der Waals surface area contributed by atoms with Crippen molar-refractivity contribution in [2.24, 2.45) is 0 Å². The molecule has 3 aliphatic carbocycles. The van der Waals surface area contributed by atoms with Crippen molar-refractivity contribution in [3.63, 3.8) is 0 Å². The minimum absolute atomic E-state index is 0.134. The van der Waals surface area contributed by atoms with E-state index in [2.05, 4.69) is 243 Å². The summed E-state index contributed by atoms with van der Waals surface area (Å²) in [4.78, 5) is 2.42. The van der Waals surface area contributed by atoms with Gasteiger partial charge in [0.05, 0.1) is 5.41 Å². The highest BCUT2D eigenvalue weighted by atomic mass is 16.3. The van der Waals surface area contributed by atoms with Crippen LogP contribution in [0.1, 0.15) is 47.2 Å². The predicted molar refractivity (Wildman–Crippen MR) is 273 cm³/mol. The molecule has 2 heteroatoms. The first kappa shape index (κ1) is 37.2. The molecule has 0 saturated carbocycles. The number of hydrogen-bond donors (Lipinski definition) is 0. The van der Waals surface area contributed by atoms with E-state index in [0.717, 1.165) is 50.1 Å². The van der Waals surface area contributed by atoms with Crippen molar-refractivity contribution in [1.29, 1.82) is 0 Å². The van der Waals surface area contributed by atoms with Crippen LogP contribution in [0.3, 0.4) is 0 Å². The summed E-state index contributed by atoms with van der Waals surface area (Å²) in [5.74, 6) is 0. The van der Waals surface area contributed by atoms with E-state index in [-0.39, 0.29) is 5.41 Å². The molecule has 14 rings (SSSR count). The third-order valence-corrected chi connectivity index (χ3v) is 15.1. The minimum atomic E-state index is -0.540. The van der Waals surface area contributed by atoms with Gasteiger partial charge in [0.15, 0.2) is 0 Å². The lowest BCUT2D eigenvalue weighted by Gasteiger charge is -2.32.